The van der Waals surface area contributed by atoms with Gasteiger partial charge in [0.05, 0.1) is 0 Å². The molecule has 19 heavy (non-hydrogen) atoms. The van der Waals surface area contributed by atoms with Gasteiger partial charge >= 0.3 is 5.51 Å². The average Bonchev–Trinajstić information content (AvgIpc) is 2.37. The zero-order valence-electron chi connectivity index (χ0n) is 9.95. The van der Waals surface area contributed by atoms with Gasteiger partial charge in [-0.15, -0.1) is 0 Å². The van der Waals surface area contributed by atoms with Crippen molar-refractivity contribution in [3.8, 4) is 0 Å². The number of benzene rings is 2. The van der Waals surface area contributed by atoms with E-state index in [-0.39, 0.29) is 16.7 Å². The Morgan fingerprint density at radius 3 is 2.11 bits per heavy atom. The van der Waals surface area contributed by atoms with Crippen LogP contribution >= 0.6 is 11.8 Å². The molecule has 100 valence electrons. The Hall–Kier alpha value is -1.62. The molecule has 2 aromatic carbocycles. The average molecular weight is 283 g/mol. The fourth-order valence-electron chi connectivity index (χ4n) is 1.57. The normalized spacial score (nSPS) is 11.3. The molecule has 0 amide bonds. The van der Waals surface area contributed by atoms with Crippen LogP contribution in [0.15, 0.2) is 59.5 Å². The van der Waals surface area contributed by atoms with Crippen molar-refractivity contribution in [3.63, 3.8) is 0 Å². The number of thioether (sulfide) groups is 1. The molecule has 1 nitrogen and oxygen atoms in total. The number of hydrogen-bond acceptors (Lipinski definition) is 2. The molecule has 0 radical (unpaired) electrons. The molecule has 0 aliphatic carbocycles. The fraction of sp³-hybridized carbons (Fsp3) is 0.143. The van der Waals surface area contributed by atoms with Gasteiger partial charge in [0.1, 0.15) is 0 Å². The quantitative estimate of drug-likeness (QED) is 0.800. The summed E-state index contributed by atoms with van der Waals surface area (Å²) in [7, 11) is 0. The third-order valence-electron chi connectivity index (χ3n) is 2.43. The van der Waals surface area contributed by atoms with E-state index >= 15 is 0 Å². The predicted molar refractivity (Wildman–Crippen MR) is 72.1 cm³/mol. The first-order valence-corrected chi connectivity index (χ1v) is 6.48. The zero-order chi connectivity index (χ0) is 13.7. The first-order valence-electron chi connectivity index (χ1n) is 5.66. The van der Waals surface area contributed by atoms with Gasteiger partial charge in [-0.3, -0.25) is 0 Å². The van der Waals surface area contributed by atoms with Crippen LogP contribution in [0.1, 0.15) is 5.56 Å². The molecule has 0 aliphatic heterocycles. The molecule has 2 rings (SSSR count). The van der Waals surface area contributed by atoms with E-state index in [2.05, 4.69) is 5.32 Å². The standard InChI is InChI=1S/C14H12F3NS/c15-14(16,17)19-13-8-6-11(7-9-13)10-18-12-4-2-1-3-5-12/h1-9,18H,10H2. The first kappa shape index (κ1) is 13.8. The largest absolute Gasteiger partial charge is 0.446 e. The fourth-order valence-corrected chi connectivity index (χ4v) is 2.11. The molecule has 0 heterocycles. The lowest BCUT2D eigenvalue weighted by molar-refractivity contribution is -0.0328. The van der Waals surface area contributed by atoms with Gasteiger partial charge < -0.3 is 5.32 Å². The maximum atomic E-state index is 12.2. The Balaban J connectivity index is 1.92. The number of rotatable bonds is 4. The highest BCUT2D eigenvalue weighted by Gasteiger charge is 2.28. The van der Waals surface area contributed by atoms with Crippen molar-refractivity contribution in [2.75, 3.05) is 5.32 Å². The molecule has 2 aromatic rings. The van der Waals surface area contributed by atoms with Gasteiger partial charge in [-0.05, 0) is 41.6 Å². The molecular weight excluding hydrogens is 271 g/mol. The summed E-state index contributed by atoms with van der Waals surface area (Å²) in [6, 6.07) is 16.0. The Labute approximate surface area is 113 Å². The molecule has 0 saturated heterocycles. The van der Waals surface area contributed by atoms with Gasteiger partial charge in [0.2, 0.25) is 0 Å². The monoisotopic (exact) mass is 283 g/mol. The highest BCUT2D eigenvalue weighted by molar-refractivity contribution is 8.00. The van der Waals surface area contributed by atoms with Crippen molar-refractivity contribution in [2.45, 2.75) is 16.9 Å². The number of halogens is 3. The molecule has 0 atom stereocenters. The second-order valence-corrected chi connectivity index (χ2v) is 5.05. The van der Waals surface area contributed by atoms with Crippen molar-refractivity contribution in [1.29, 1.82) is 0 Å². The molecule has 0 fully saturated rings. The van der Waals surface area contributed by atoms with E-state index in [0.29, 0.717) is 6.54 Å². The van der Waals surface area contributed by atoms with Crippen LogP contribution in [-0.4, -0.2) is 5.51 Å². The number of nitrogens with one attached hydrogen (secondary N) is 1. The van der Waals surface area contributed by atoms with Crippen LogP contribution in [0.3, 0.4) is 0 Å². The highest BCUT2D eigenvalue weighted by atomic mass is 32.2. The first-order chi connectivity index (χ1) is 9.03. The van der Waals surface area contributed by atoms with Crippen LogP contribution in [0.5, 0.6) is 0 Å². The lowest BCUT2D eigenvalue weighted by atomic mass is 10.2. The topological polar surface area (TPSA) is 12.0 Å². The summed E-state index contributed by atoms with van der Waals surface area (Å²) in [5, 5.41) is 3.20. The van der Waals surface area contributed by atoms with Gasteiger partial charge in [0.15, 0.2) is 0 Å². The second-order valence-electron chi connectivity index (χ2n) is 3.91. The minimum Gasteiger partial charge on any atom is -0.381 e. The van der Waals surface area contributed by atoms with E-state index < -0.39 is 5.51 Å². The van der Waals surface area contributed by atoms with Crippen LogP contribution in [-0.2, 0) is 6.54 Å². The summed E-state index contributed by atoms with van der Waals surface area (Å²) in [4.78, 5) is 0.205. The molecule has 0 unspecified atom stereocenters. The van der Waals surface area contributed by atoms with E-state index in [9.17, 15) is 13.2 Å². The maximum Gasteiger partial charge on any atom is 0.446 e. The summed E-state index contributed by atoms with van der Waals surface area (Å²) in [5.74, 6) is 0. The molecule has 0 spiro atoms. The molecule has 5 heteroatoms. The molecule has 0 aromatic heterocycles. The number of hydrogen-bond donors (Lipinski definition) is 1. The summed E-state index contributed by atoms with van der Waals surface area (Å²) in [5.41, 5.74) is -2.31. The van der Waals surface area contributed by atoms with Gasteiger partial charge in [-0.1, -0.05) is 30.3 Å². The summed E-state index contributed by atoms with van der Waals surface area (Å²) < 4.78 is 36.5. The number of anilines is 1. The summed E-state index contributed by atoms with van der Waals surface area (Å²) >= 11 is -0.0965. The van der Waals surface area contributed by atoms with Crippen molar-refractivity contribution < 1.29 is 13.2 Å². The van der Waals surface area contributed by atoms with E-state index in [4.69, 9.17) is 0 Å². The third kappa shape index (κ3) is 4.87. The van der Waals surface area contributed by atoms with Crippen molar-refractivity contribution in [3.05, 3.63) is 60.2 Å². The van der Waals surface area contributed by atoms with Crippen molar-refractivity contribution in [1.82, 2.24) is 0 Å². The smallest absolute Gasteiger partial charge is 0.381 e. The lowest BCUT2D eigenvalue weighted by Gasteiger charge is -2.08. The molecular formula is C14H12F3NS. The Kier molecular flexibility index (Phi) is 4.37. The number of para-hydroxylation sites is 1. The summed E-state index contributed by atoms with van der Waals surface area (Å²) in [6.45, 7) is 0.584. The molecule has 0 saturated carbocycles. The van der Waals surface area contributed by atoms with Gasteiger partial charge in [-0.25, -0.2) is 0 Å². The van der Waals surface area contributed by atoms with E-state index in [0.717, 1.165) is 11.3 Å². The molecule has 1 N–H and O–H groups in total. The predicted octanol–water partition coefficient (Wildman–Crippen LogP) is 4.91. The molecule has 0 bridgehead atoms. The van der Waals surface area contributed by atoms with Crippen LogP contribution in [0, 0.1) is 0 Å². The minimum atomic E-state index is -4.23. The zero-order valence-corrected chi connectivity index (χ0v) is 10.8. The Bertz CT molecular complexity index is 508. The van der Waals surface area contributed by atoms with Crippen LogP contribution in [0.4, 0.5) is 18.9 Å². The Morgan fingerprint density at radius 2 is 1.53 bits per heavy atom. The lowest BCUT2D eigenvalue weighted by Crippen LogP contribution is -2.00. The third-order valence-corrected chi connectivity index (χ3v) is 3.17. The highest BCUT2D eigenvalue weighted by Crippen LogP contribution is 2.36. The SMILES string of the molecule is FC(F)(F)Sc1ccc(CNc2ccccc2)cc1. The van der Waals surface area contributed by atoms with Crippen LogP contribution in [0.2, 0.25) is 0 Å². The van der Waals surface area contributed by atoms with Crippen LogP contribution in [0.25, 0.3) is 0 Å². The second kappa shape index (κ2) is 6.02. The maximum absolute atomic E-state index is 12.2. The van der Waals surface area contributed by atoms with E-state index in [1.165, 1.54) is 12.1 Å². The van der Waals surface area contributed by atoms with E-state index in [1.54, 1.807) is 12.1 Å². The van der Waals surface area contributed by atoms with Crippen molar-refractivity contribution in [2.24, 2.45) is 0 Å². The van der Waals surface area contributed by atoms with Crippen molar-refractivity contribution >= 4 is 17.4 Å². The molecule has 0 aliphatic rings. The Morgan fingerprint density at radius 1 is 0.895 bits per heavy atom. The minimum absolute atomic E-state index is 0.0965. The van der Waals surface area contributed by atoms with Gasteiger partial charge in [0, 0.05) is 17.1 Å². The number of alkyl halides is 3. The summed E-state index contributed by atoms with van der Waals surface area (Å²) in [6.07, 6.45) is 0. The van der Waals surface area contributed by atoms with E-state index in [1.807, 2.05) is 30.3 Å². The van der Waals surface area contributed by atoms with Gasteiger partial charge in [-0.2, -0.15) is 13.2 Å². The van der Waals surface area contributed by atoms with Crippen LogP contribution < -0.4 is 5.32 Å². The van der Waals surface area contributed by atoms with Gasteiger partial charge in [0.25, 0.3) is 0 Å².